The third kappa shape index (κ3) is 11.3. The molecular weight excluding hydrogens is 817 g/mol. The molecule has 0 radical (unpaired) electrons. The monoisotopic (exact) mass is 870 g/mol. The van der Waals surface area contributed by atoms with Crippen molar-refractivity contribution in [3.8, 4) is 33.6 Å². The van der Waals surface area contributed by atoms with Gasteiger partial charge in [0, 0.05) is 77.6 Å². The number of carbonyl (C=O) groups excluding carboxylic acids is 2. The van der Waals surface area contributed by atoms with E-state index in [9.17, 15) is 9.59 Å². The van der Waals surface area contributed by atoms with Crippen LogP contribution >= 0.6 is 0 Å². The molecule has 0 saturated carbocycles. The Balaban J connectivity index is 0.946. The Morgan fingerprint density at radius 1 is 0.439 bits per heavy atom. The van der Waals surface area contributed by atoms with Crippen molar-refractivity contribution in [2.45, 2.75) is 46.5 Å². The van der Waals surface area contributed by atoms with Crippen LogP contribution in [-0.4, -0.2) is 42.0 Å². The number of aromatic nitrogens is 2. The molecule has 0 spiro atoms. The number of methoxy groups -OCH3 is 1. The van der Waals surface area contributed by atoms with Crippen molar-refractivity contribution in [1.29, 1.82) is 0 Å². The van der Waals surface area contributed by atoms with Crippen molar-refractivity contribution in [1.82, 2.24) is 9.97 Å². The molecule has 330 valence electrons. The van der Waals surface area contributed by atoms with E-state index in [1.165, 1.54) is 11.1 Å². The minimum atomic E-state index is -0.225. The van der Waals surface area contributed by atoms with Crippen LogP contribution in [0, 0.1) is 13.8 Å². The first-order valence-corrected chi connectivity index (χ1v) is 22.4. The summed E-state index contributed by atoms with van der Waals surface area (Å²) in [6, 6.07) is 59.2. The van der Waals surface area contributed by atoms with Crippen molar-refractivity contribution < 1.29 is 19.1 Å². The molecule has 8 aromatic rings. The molecule has 0 fully saturated rings. The second-order valence-electron chi connectivity index (χ2n) is 16.5. The summed E-state index contributed by atoms with van der Waals surface area (Å²) < 4.78 is 10.2. The highest BCUT2D eigenvalue weighted by atomic mass is 16.6. The fourth-order valence-corrected chi connectivity index (χ4v) is 7.82. The summed E-state index contributed by atoms with van der Waals surface area (Å²) in [4.78, 5) is 37.9. The summed E-state index contributed by atoms with van der Waals surface area (Å²) in [5.41, 5.74) is 16.6. The number of rotatable bonds is 18. The number of esters is 1. The molecule has 0 unspecified atom stereocenters. The number of benzene rings is 6. The van der Waals surface area contributed by atoms with E-state index in [1.54, 1.807) is 14.0 Å². The SMILES string of the molecule is COCCOC(=O)CCc1ccc(N(c2ccc(C)cc2)c2ccc(-c3ccc(-c4ccc(-c5ccc(N(c6ccc(C)cc6)c6ccc(CCC(C)=O)cc6)cc5)cn4)nc3)cc2)cc1. The Morgan fingerprint density at radius 3 is 1.14 bits per heavy atom. The van der Waals surface area contributed by atoms with Crippen molar-refractivity contribution >= 4 is 45.9 Å². The summed E-state index contributed by atoms with van der Waals surface area (Å²) >= 11 is 0. The summed E-state index contributed by atoms with van der Waals surface area (Å²) in [6.45, 7) is 6.49. The van der Waals surface area contributed by atoms with Crippen LogP contribution in [0.25, 0.3) is 33.6 Å². The number of ether oxygens (including phenoxy) is 2. The largest absolute Gasteiger partial charge is 0.463 e. The predicted octanol–water partition coefficient (Wildman–Crippen LogP) is 13.7. The Kier molecular flexibility index (Phi) is 14.5. The van der Waals surface area contributed by atoms with E-state index in [2.05, 4.69) is 181 Å². The lowest BCUT2D eigenvalue weighted by atomic mass is 10.0. The van der Waals surface area contributed by atoms with Gasteiger partial charge in [0.15, 0.2) is 0 Å². The lowest BCUT2D eigenvalue weighted by molar-refractivity contribution is -0.144. The van der Waals surface area contributed by atoms with Crippen molar-refractivity contribution in [3.63, 3.8) is 0 Å². The molecule has 2 aromatic heterocycles. The lowest BCUT2D eigenvalue weighted by Gasteiger charge is -2.26. The van der Waals surface area contributed by atoms with Gasteiger partial charge in [-0.25, -0.2) is 0 Å². The fraction of sp³-hybridized carbons (Fsp3) is 0.172. The maximum absolute atomic E-state index is 12.1. The zero-order chi connectivity index (χ0) is 45.8. The first-order valence-electron chi connectivity index (χ1n) is 22.4. The van der Waals surface area contributed by atoms with Gasteiger partial charge in [-0.05, 0) is 141 Å². The van der Waals surface area contributed by atoms with Gasteiger partial charge in [-0.15, -0.1) is 0 Å². The quantitative estimate of drug-likeness (QED) is 0.0623. The topological polar surface area (TPSA) is 84.9 Å². The van der Waals surface area contributed by atoms with Gasteiger partial charge in [0.1, 0.15) is 12.4 Å². The van der Waals surface area contributed by atoms with Crippen LogP contribution in [0.15, 0.2) is 182 Å². The smallest absolute Gasteiger partial charge is 0.306 e. The van der Waals surface area contributed by atoms with Crippen molar-refractivity contribution in [2.24, 2.45) is 0 Å². The first kappa shape index (κ1) is 44.9. The highest BCUT2D eigenvalue weighted by Crippen LogP contribution is 2.38. The van der Waals surface area contributed by atoms with Crippen LogP contribution in [-0.2, 0) is 31.9 Å². The van der Waals surface area contributed by atoms with Crippen LogP contribution in [0.3, 0.4) is 0 Å². The molecule has 0 aliphatic heterocycles. The zero-order valence-electron chi connectivity index (χ0n) is 38.0. The summed E-state index contributed by atoms with van der Waals surface area (Å²) in [6.07, 6.45) is 6.03. The predicted molar refractivity (Wildman–Crippen MR) is 267 cm³/mol. The van der Waals surface area contributed by atoms with Crippen LogP contribution < -0.4 is 9.80 Å². The van der Waals surface area contributed by atoms with Crippen LogP contribution in [0.4, 0.5) is 34.1 Å². The molecule has 0 amide bonds. The normalized spacial score (nSPS) is 11.0. The molecule has 0 atom stereocenters. The second kappa shape index (κ2) is 21.3. The molecule has 0 aliphatic rings. The van der Waals surface area contributed by atoms with E-state index in [1.807, 2.05) is 24.5 Å². The van der Waals surface area contributed by atoms with E-state index in [4.69, 9.17) is 19.4 Å². The molecule has 2 heterocycles. The second-order valence-corrected chi connectivity index (χ2v) is 16.5. The van der Waals surface area contributed by atoms with Crippen LogP contribution in [0.2, 0.25) is 0 Å². The van der Waals surface area contributed by atoms with Crippen LogP contribution in [0.5, 0.6) is 0 Å². The van der Waals surface area contributed by atoms with E-state index < -0.39 is 0 Å². The Bertz CT molecular complexity index is 2830. The number of nitrogens with zero attached hydrogens (tertiary/aromatic N) is 4. The number of pyridine rings is 2. The summed E-state index contributed by atoms with van der Waals surface area (Å²) in [7, 11) is 1.59. The molecule has 0 bridgehead atoms. The van der Waals surface area contributed by atoms with Crippen molar-refractivity contribution in [3.05, 3.63) is 205 Å². The molecule has 0 saturated heterocycles. The van der Waals surface area contributed by atoms with E-state index in [-0.39, 0.29) is 18.4 Å². The number of anilines is 6. The van der Waals surface area contributed by atoms with Crippen molar-refractivity contribution in [2.75, 3.05) is 30.1 Å². The highest BCUT2D eigenvalue weighted by Gasteiger charge is 2.16. The Hall–Kier alpha value is -7.68. The number of hydrogen-bond acceptors (Lipinski definition) is 8. The minimum Gasteiger partial charge on any atom is -0.463 e. The standard InChI is InChI=1S/C58H54N4O4/c1-41-5-22-50(23-6-41)61(52-26-11-44(12-27-52)10-9-43(3)63)54-30-16-46(17-31-54)48-20-34-56(59-39-48)57-35-21-49(40-60-57)47-18-32-55(33-19-47)62(51-24-7-42(2)8-25-51)53-28-13-45(14-29-53)15-36-58(64)66-38-37-65-4/h5-8,11-14,16-35,39-40H,9-10,15,36-38H2,1-4H3. The van der Waals surface area contributed by atoms with Gasteiger partial charge in [0.2, 0.25) is 0 Å². The Labute approximate surface area is 388 Å². The first-order chi connectivity index (χ1) is 32.2. The van der Waals surface area contributed by atoms with Gasteiger partial charge >= 0.3 is 5.97 Å². The molecule has 0 N–H and O–H groups in total. The molecule has 8 rings (SSSR count). The average molecular weight is 871 g/mol. The summed E-state index contributed by atoms with van der Waals surface area (Å²) in [5, 5.41) is 0. The number of Topliss-reactive ketones (excluding diaryl/α,β-unsaturated/α-hetero) is 1. The molecule has 66 heavy (non-hydrogen) atoms. The van der Waals surface area contributed by atoms with E-state index in [0.29, 0.717) is 25.9 Å². The van der Waals surface area contributed by atoms with Gasteiger partial charge in [0.25, 0.3) is 0 Å². The van der Waals surface area contributed by atoms with Crippen LogP contribution in [0.1, 0.15) is 42.0 Å². The highest BCUT2D eigenvalue weighted by molar-refractivity contribution is 5.81. The molecule has 8 heteroatoms. The van der Waals surface area contributed by atoms with Gasteiger partial charge < -0.3 is 24.1 Å². The average Bonchev–Trinajstić information content (AvgIpc) is 3.35. The lowest BCUT2D eigenvalue weighted by Crippen LogP contribution is -2.11. The maximum Gasteiger partial charge on any atom is 0.306 e. The number of aryl methyl sites for hydroxylation is 4. The van der Waals surface area contributed by atoms with Gasteiger partial charge in [-0.1, -0.05) is 96.1 Å². The molecular formula is C58H54N4O4. The fourth-order valence-electron chi connectivity index (χ4n) is 7.82. The third-order valence-corrected chi connectivity index (χ3v) is 11.6. The number of hydrogen-bond donors (Lipinski definition) is 0. The van der Waals surface area contributed by atoms with Gasteiger partial charge in [0.05, 0.1) is 18.0 Å². The summed E-state index contributed by atoms with van der Waals surface area (Å²) in [5.74, 6) is -0.0239. The molecule has 0 aliphatic carbocycles. The number of ketones is 1. The van der Waals surface area contributed by atoms with Gasteiger partial charge in [-0.2, -0.15) is 0 Å². The van der Waals surface area contributed by atoms with E-state index >= 15 is 0 Å². The number of carbonyl (C=O) groups is 2. The molecule has 8 nitrogen and oxygen atoms in total. The third-order valence-electron chi connectivity index (χ3n) is 11.6. The maximum atomic E-state index is 12.1. The minimum absolute atomic E-state index is 0.201. The zero-order valence-corrected chi connectivity index (χ0v) is 38.0. The Morgan fingerprint density at radius 2 is 0.788 bits per heavy atom. The molecule has 6 aromatic carbocycles. The van der Waals surface area contributed by atoms with E-state index in [0.717, 1.165) is 85.3 Å². The van der Waals surface area contributed by atoms with Gasteiger partial charge in [-0.3, -0.25) is 14.8 Å².